The van der Waals surface area contributed by atoms with Gasteiger partial charge in [0.1, 0.15) is 11.5 Å². The highest BCUT2D eigenvalue weighted by Crippen LogP contribution is 2.52. The predicted octanol–water partition coefficient (Wildman–Crippen LogP) is 5.89. The van der Waals surface area contributed by atoms with Crippen LogP contribution in [0.2, 0.25) is 20.1 Å². The van der Waals surface area contributed by atoms with Crippen LogP contribution in [0.4, 0.5) is 0 Å². The summed E-state index contributed by atoms with van der Waals surface area (Å²) < 4.78 is 33.8. The molecule has 0 amide bonds. The van der Waals surface area contributed by atoms with E-state index in [4.69, 9.17) is 46.4 Å². The normalized spacial score (nSPS) is 13.8. The third-order valence-corrected chi connectivity index (χ3v) is 6.83. The summed E-state index contributed by atoms with van der Waals surface area (Å²) in [6.45, 7) is 0. The molecule has 0 radical (unpaired) electrons. The molecule has 0 aromatic heterocycles. The minimum absolute atomic E-state index is 0.00163. The van der Waals surface area contributed by atoms with Gasteiger partial charge in [0.05, 0.1) is 5.02 Å². The second-order valence-corrected chi connectivity index (χ2v) is 9.39. The van der Waals surface area contributed by atoms with Crippen molar-refractivity contribution in [2.75, 3.05) is 0 Å². The lowest BCUT2D eigenvalue weighted by Crippen LogP contribution is -2.38. The Bertz CT molecular complexity index is 1200. The first-order valence-electron chi connectivity index (χ1n) is 7.89. The second-order valence-electron chi connectivity index (χ2n) is 6.11. The van der Waals surface area contributed by atoms with E-state index in [9.17, 15) is 23.2 Å². The maximum Gasteiger partial charge on any atom is 0.283 e. The van der Waals surface area contributed by atoms with E-state index in [1.54, 1.807) is 0 Å². The van der Waals surface area contributed by atoms with Gasteiger partial charge in [-0.3, -0.25) is 4.55 Å². The van der Waals surface area contributed by atoms with E-state index in [0.29, 0.717) is 5.02 Å². The zero-order valence-electron chi connectivity index (χ0n) is 14.3. The number of phenolic OH excluding ortho intramolecular Hbond substituents is 2. The van der Waals surface area contributed by atoms with Gasteiger partial charge >= 0.3 is 0 Å². The molecule has 0 aliphatic carbocycles. The average molecular weight is 494 g/mol. The van der Waals surface area contributed by atoms with E-state index in [0.717, 1.165) is 12.1 Å². The van der Waals surface area contributed by atoms with Crippen LogP contribution in [0.1, 0.15) is 16.7 Å². The Morgan fingerprint density at radius 3 is 1.86 bits per heavy atom. The molecule has 3 aromatic rings. The fourth-order valence-electron chi connectivity index (χ4n) is 3.20. The van der Waals surface area contributed by atoms with E-state index in [1.807, 2.05) is 0 Å². The molecule has 0 aliphatic heterocycles. The Hall–Kier alpha value is -1.67. The van der Waals surface area contributed by atoms with Crippen molar-refractivity contribution in [2.24, 2.45) is 0 Å². The Morgan fingerprint density at radius 2 is 1.31 bits per heavy atom. The van der Waals surface area contributed by atoms with E-state index in [-0.39, 0.29) is 31.8 Å². The lowest BCUT2D eigenvalue weighted by Gasteiger charge is -2.33. The molecular weight excluding hydrogens is 482 g/mol. The van der Waals surface area contributed by atoms with Gasteiger partial charge in [-0.2, -0.15) is 8.42 Å². The maximum atomic E-state index is 12.9. The van der Waals surface area contributed by atoms with E-state index in [1.165, 1.54) is 42.5 Å². The van der Waals surface area contributed by atoms with E-state index in [2.05, 4.69) is 0 Å². The van der Waals surface area contributed by atoms with Gasteiger partial charge in [-0.25, -0.2) is 0 Å². The highest BCUT2D eigenvalue weighted by Gasteiger charge is 2.52. The zero-order valence-corrected chi connectivity index (χ0v) is 18.1. The summed E-state index contributed by atoms with van der Waals surface area (Å²) in [7, 11) is -5.11. The molecule has 1 unspecified atom stereocenters. The summed E-state index contributed by atoms with van der Waals surface area (Å²) in [5.41, 5.74) is -0.673. The van der Waals surface area contributed by atoms with Crippen LogP contribution in [-0.4, -0.2) is 23.2 Å². The molecule has 0 saturated carbocycles. The molecule has 1 atom stereocenters. The smallest absolute Gasteiger partial charge is 0.283 e. The SMILES string of the molecule is O=S(=O)(O)C(c1ccc(Cl)cc1)(c1ccc(Cl)cc1O)c1cc(Cl)cc(Cl)c1O. The maximum absolute atomic E-state index is 12.9. The quantitative estimate of drug-likeness (QED) is 0.311. The Labute approximate surface area is 186 Å². The van der Waals surface area contributed by atoms with Crippen LogP contribution in [0.5, 0.6) is 11.5 Å². The summed E-state index contributed by atoms with van der Waals surface area (Å²) in [5, 5.41) is 21.4. The highest BCUT2D eigenvalue weighted by atomic mass is 35.5. The number of rotatable bonds is 4. The first kappa shape index (κ1) is 22.0. The van der Waals surface area contributed by atoms with Crippen molar-refractivity contribution in [2.45, 2.75) is 4.75 Å². The third-order valence-electron chi connectivity index (χ3n) is 4.38. The number of aromatic hydroxyl groups is 2. The van der Waals surface area contributed by atoms with Crippen molar-refractivity contribution >= 4 is 56.5 Å². The Balaban J connectivity index is 2.61. The van der Waals surface area contributed by atoms with E-state index < -0.39 is 26.4 Å². The van der Waals surface area contributed by atoms with Gasteiger partial charge in [0, 0.05) is 26.2 Å². The molecule has 0 fully saturated rings. The molecule has 0 spiro atoms. The first-order chi connectivity index (χ1) is 13.5. The van der Waals surface area contributed by atoms with Crippen molar-refractivity contribution < 1.29 is 23.2 Å². The second kappa shape index (κ2) is 7.87. The topological polar surface area (TPSA) is 94.8 Å². The zero-order chi connectivity index (χ0) is 21.6. The third kappa shape index (κ3) is 3.77. The largest absolute Gasteiger partial charge is 0.508 e. The van der Waals surface area contributed by atoms with Crippen LogP contribution >= 0.6 is 46.4 Å². The molecule has 152 valence electrons. The summed E-state index contributed by atoms with van der Waals surface area (Å²) in [6, 6.07) is 11.5. The Morgan fingerprint density at radius 1 is 0.724 bits per heavy atom. The summed E-state index contributed by atoms with van der Waals surface area (Å²) in [5.74, 6) is -1.18. The van der Waals surface area contributed by atoms with Crippen LogP contribution < -0.4 is 0 Å². The highest BCUT2D eigenvalue weighted by molar-refractivity contribution is 7.87. The average Bonchev–Trinajstić information content (AvgIpc) is 2.61. The Kier molecular flexibility index (Phi) is 5.98. The van der Waals surface area contributed by atoms with Crippen LogP contribution in [0.3, 0.4) is 0 Å². The lowest BCUT2D eigenvalue weighted by atomic mass is 9.83. The minimum atomic E-state index is -5.11. The first-order valence-corrected chi connectivity index (χ1v) is 10.8. The molecule has 3 N–H and O–H groups in total. The standard InChI is InChI=1S/C19H12Cl4O5S/c20-11-3-1-10(2-4-11)19(29(26,27)28,14-6-5-12(21)9-17(14)24)15-7-13(22)8-16(23)18(15)25/h1-9,24-25H,(H,26,27,28). The minimum Gasteiger partial charge on any atom is -0.508 e. The van der Waals surface area contributed by atoms with E-state index >= 15 is 0 Å². The van der Waals surface area contributed by atoms with Gasteiger partial charge in [0.2, 0.25) is 0 Å². The molecule has 3 rings (SSSR count). The number of hydrogen-bond donors (Lipinski definition) is 3. The van der Waals surface area contributed by atoms with Crippen molar-refractivity contribution in [3.63, 3.8) is 0 Å². The summed E-state index contributed by atoms with van der Waals surface area (Å²) in [6.07, 6.45) is 0. The molecule has 5 nitrogen and oxygen atoms in total. The number of phenols is 2. The fourth-order valence-corrected chi connectivity index (χ4v) is 5.31. The molecule has 29 heavy (non-hydrogen) atoms. The van der Waals surface area contributed by atoms with Gasteiger partial charge in [0.15, 0.2) is 4.75 Å². The van der Waals surface area contributed by atoms with Gasteiger partial charge in [0.25, 0.3) is 10.1 Å². The van der Waals surface area contributed by atoms with Gasteiger partial charge in [-0.1, -0.05) is 64.6 Å². The van der Waals surface area contributed by atoms with Crippen LogP contribution in [0.25, 0.3) is 0 Å². The summed E-state index contributed by atoms with van der Waals surface area (Å²) >= 11 is 23.9. The van der Waals surface area contributed by atoms with Crippen molar-refractivity contribution in [1.29, 1.82) is 0 Å². The summed E-state index contributed by atoms with van der Waals surface area (Å²) in [4.78, 5) is 0. The molecule has 10 heteroatoms. The van der Waals surface area contributed by atoms with Gasteiger partial charge in [-0.15, -0.1) is 0 Å². The van der Waals surface area contributed by atoms with Crippen molar-refractivity contribution in [3.8, 4) is 11.5 Å². The molecule has 3 aromatic carbocycles. The number of benzene rings is 3. The molecule has 0 heterocycles. The number of hydrogen-bond acceptors (Lipinski definition) is 4. The molecular formula is C19H12Cl4O5S. The van der Waals surface area contributed by atoms with Crippen molar-refractivity contribution in [3.05, 3.63) is 91.4 Å². The van der Waals surface area contributed by atoms with Crippen molar-refractivity contribution in [1.82, 2.24) is 0 Å². The predicted molar refractivity (Wildman–Crippen MR) is 114 cm³/mol. The molecule has 0 bridgehead atoms. The van der Waals surface area contributed by atoms with Crippen LogP contribution in [0, 0.1) is 0 Å². The molecule has 0 saturated heterocycles. The van der Waals surface area contributed by atoms with Gasteiger partial charge < -0.3 is 10.2 Å². The molecule has 0 aliphatic rings. The monoisotopic (exact) mass is 492 g/mol. The van der Waals surface area contributed by atoms with Crippen LogP contribution in [-0.2, 0) is 14.9 Å². The lowest BCUT2D eigenvalue weighted by molar-refractivity contribution is 0.428. The fraction of sp³-hybridized carbons (Fsp3) is 0.0526. The number of halogens is 4. The van der Waals surface area contributed by atoms with Gasteiger partial charge in [-0.05, 0) is 42.0 Å². The van der Waals surface area contributed by atoms with Crippen LogP contribution in [0.15, 0.2) is 54.6 Å².